The molecule has 8 heteroatoms. The number of aromatic nitrogens is 3. The number of anilines is 1. The van der Waals surface area contributed by atoms with Gasteiger partial charge < -0.3 is 5.32 Å². The summed E-state index contributed by atoms with van der Waals surface area (Å²) in [6, 6.07) is 3.11. The summed E-state index contributed by atoms with van der Waals surface area (Å²) < 4.78 is 28.1. The van der Waals surface area contributed by atoms with Gasteiger partial charge in [0.25, 0.3) is 0 Å². The first kappa shape index (κ1) is 13.5. The summed E-state index contributed by atoms with van der Waals surface area (Å²) >= 11 is 0. The molecule has 0 atom stereocenters. The fourth-order valence-corrected chi connectivity index (χ4v) is 2.47. The molecule has 7 nitrogen and oxygen atoms in total. The predicted molar refractivity (Wildman–Crippen MR) is 71.0 cm³/mol. The van der Waals surface area contributed by atoms with E-state index in [9.17, 15) is 8.42 Å². The zero-order valence-corrected chi connectivity index (χ0v) is 11.5. The van der Waals surface area contributed by atoms with E-state index in [1.165, 1.54) is 12.3 Å². The van der Waals surface area contributed by atoms with Crippen molar-refractivity contribution in [1.29, 1.82) is 0 Å². The van der Waals surface area contributed by atoms with Crippen LogP contribution in [0.3, 0.4) is 0 Å². The highest BCUT2D eigenvalue weighted by Crippen LogP contribution is 2.10. The van der Waals surface area contributed by atoms with Gasteiger partial charge in [-0.3, -0.25) is 4.68 Å². The van der Waals surface area contributed by atoms with E-state index in [-0.39, 0.29) is 11.4 Å². The number of nitrogens with zero attached hydrogens (tertiary/aromatic N) is 3. The van der Waals surface area contributed by atoms with Gasteiger partial charge in [0, 0.05) is 38.6 Å². The first-order valence-corrected chi connectivity index (χ1v) is 7.10. The van der Waals surface area contributed by atoms with E-state index in [4.69, 9.17) is 0 Å². The van der Waals surface area contributed by atoms with Crippen molar-refractivity contribution >= 4 is 15.8 Å². The number of hydrogen-bond donors (Lipinski definition) is 2. The Bertz CT molecular complexity index is 648. The SMILES string of the molecule is CNc1ccc(S(=O)(=O)NCc2cnn(C)c2)cn1. The molecular formula is C11H15N5O2S. The van der Waals surface area contributed by atoms with Crippen LogP contribution in [0.15, 0.2) is 35.6 Å². The highest BCUT2D eigenvalue weighted by atomic mass is 32.2. The standard InChI is InChI=1S/C11H15N5O2S/c1-12-11-4-3-10(7-13-11)19(17,18)15-6-9-5-14-16(2)8-9/h3-5,7-8,15H,6H2,1-2H3,(H,12,13). The van der Waals surface area contributed by atoms with Crippen LogP contribution >= 0.6 is 0 Å². The Morgan fingerprint density at radius 3 is 2.63 bits per heavy atom. The second-order valence-electron chi connectivity index (χ2n) is 3.98. The third-order valence-electron chi connectivity index (χ3n) is 2.53. The molecule has 0 saturated carbocycles. The first-order valence-electron chi connectivity index (χ1n) is 5.62. The van der Waals surface area contributed by atoms with Gasteiger partial charge >= 0.3 is 0 Å². The Labute approximate surface area is 111 Å². The second-order valence-corrected chi connectivity index (χ2v) is 5.74. The van der Waals surface area contributed by atoms with E-state index >= 15 is 0 Å². The van der Waals surface area contributed by atoms with Crippen LogP contribution in [0.1, 0.15) is 5.56 Å². The smallest absolute Gasteiger partial charge is 0.242 e. The molecule has 0 unspecified atom stereocenters. The predicted octanol–water partition coefficient (Wildman–Crippen LogP) is 0.335. The highest BCUT2D eigenvalue weighted by Gasteiger charge is 2.14. The second kappa shape index (κ2) is 5.37. The molecule has 102 valence electrons. The van der Waals surface area contributed by atoms with Crippen molar-refractivity contribution in [3.05, 3.63) is 36.3 Å². The molecule has 0 fully saturated rings. The Kier molecular flexibility index (Phi) is 3.82. The van der Waals surface area contributed by atoms with E-state index < -0.39 is 10.0 Å². The lowest BCUT2D eigenvalue weighted by Gasteiger charge is -2.06. The fraction of sp³-hybridized carbons (Fsp3) is 0.273. The summed E-state index contributed by atoms with van der Waals surface area (Å²) in [4.78, 5) is 4.11. The van der Waals surface area contributed by atoms with E-state index in [1.54, 1.807) is 37.2 Å². The average molecular weight is 281 g/mol. The number of sulfonamides is 1. The van der Waals surface area contributed by atoms with Crippen LogP contribution in [0, 0.1) is 0 Å². The zero-order chi connectivity index (χ0) is 13.9. The number of pyridine rings is 1. The van der Waals surface area contributed by atoms with Crippen molar-refractivity contribution in [2.45, 2.75) is 11.4 Å². The fourth-order valence-electron chi connectivity index (χ4n) is 1.51. The van der Waals surface area contributed by atoms with Gasteiger partial charge in [-0.2, -0.15) is 5.10 Å². The summed E-state index contributed by atoms with van der Waals surface area (Å²) in [6.07, 6.45) is 4.69. The monoisotopic (exact) mass is 281 g/mol. The quantitative estimate of drug-likeness (QED) is 0.824. The molecule has 0 amide bonds. The first-order chi connectivity index (χ1) is 9.01. The molecule has 0 spiro atoms. The maximum atomic E-state index is 12.0. The molecule has 2 aromatic rings. The third kappa shape index (κ3) is 3.30. The topological polar surface area (TPSA) is 88.9 Å². The lowest BCUT2D eigenvalue weighted by molar-refractivity contribution is 0.581. The Balaban J connectivity index is 2.09. The number of aryl methyl sites for hydroxylation is 1. The lowest BCUT2D eigenvalue weighted by Crippen LogP contribution is -2.23. The third-order valence-corrected chi connectivity index (χ3v) is 3.91. The van der Waals surface area contributed by atoms with Gasteiger partial charge in [-0.25, -0.2) is 18.1 Å². The molecule has 0 aromatic carbocycles. The van der Waals surface area contributed by atoms with E-state index in [2.05, 4.69) is 20.1 Å². The molecule has 2 rings (SSSR count). The highest BCUT2D eigenvalue weighted by molar-refractivity contribution is 7.89. The molecule has 0 saturated heterocycles. The van der Waals surface area contributed by atoms with Gasteiger partial charge in [-0.15, -0.1) is 0 Å². The minimum atomic E-state index is -3.55. The van der Waals surface area contributed by atoms with Gasteiger partial charge in [0.1, 0.15) is 10.7 Å². The lowest BCUT2D eigenvalue weighted by atomic mass is 10.4. The van der Waals surface area contributed by atoms with E-state index in [0.717, 1.165) is 5.56 Å². The van der Waals surface area contributed by atoms with Gasteiger partial charge in [0.2, 0.25) is 10.0 Å². The molecule has 2 aromatic heterocycles. The molecule has 19 heavy (non-hydrogen) atoms. The molecule has 0 aliphatic carbocycles. The Morgan fingerprint density at radius 2 is 2.11 bits per heavy atom. The molecule has 0 radical (unpaired) electrons. The van der Waals surface area contributed by atoms with Crippen LogP contribution in [0.2, 0.25) is 0 Å². The summed E-state index contributed by atoms with van der Waals surface area (Å²) in [5, 5.41) is 6.80. The van der Waals surface area contributed by atoms with Gasteiger partial charge in [-0.1, -0.05) is 0 Å². The summed E-state index contributed by atoms with van der Waals surface area (Å²) in [5.74, 6) is 0.617. The molecule has 2 heterocycles. The van der Waals surface area contributed by atoms with Crippen LogP contribution in [-0.4, -0.2) is 30.2 Å². The number of nitrogens with one attached hydrogen (secondary N) is 2. The molecule has 0 bridgehead atoms. The van der Waals surface area contributed by atoms with Gasteiger partial charge in [-0.05, 0) is 12.1 Å². The summed E-state index contributed by atoms with van der Waals surface area (Å²) in [7, 11) is -0.0559. The van der Waals surface area contributed by atoms with Crippen molar-refractivity contribution in [1.82, 2.24) is 19.5 Å². The normalized spacial score (nSPS) is 11.5. The van der Waals surface area contributed by atoms with E-state index in [0.29, 0.717) is 5.82 Å². The largest absolute Gasteiger partial charge is 0.373 e. The molecule has 2 N–H and O–H groups in total. The van der Waals surface area contributed by atoms with Gasteiger partial charge in [0.15, 0.2) is 0 Å². The van der Waals surface area contributed by atoms with Crippen molar-refractivity contribution < 1.29 is 8.42 Å². The van der Waals surface area contributed by atoms with Crippen LogP contribution in [0.25, 0.3) is 0 Å². The van der Waals surface area contributed by atoms with Crippen molar-refractivity contribution in [3.63, 3.8) is 0 Å². The van der Waals surface area contributed by atoms with Gasteiger partial charge in [0.05, 0.1) is 6.20 Å². The van der Waals surface area contributed by atoms with Crippen LogP contribution in [0.4, 0.5) is 5.82 Å². The van der Waals surface area contributed by atoms with E-state index in [1.807, 2.05) is 0 Å². The minimum Gasteiger partial charge on any atom is -0.373 e. The number of rotatable bonds is 5. The van der Waals surface area contributed by atoms with Crippen LogP contribution < -0.4 is 10.0 Å². The maximum absolute atomic E-state index is 12.0. The van der Waals surface area contributed by atoms with Crippen molar-refractivity contribution in [2.75, 3.05) is 12.4 Å². The summed E-state index contributed by atoms with van der Waals surface area (Å²) in [5.41, 5.74) is 0.797. The summed E-state index contributed by atoms with van der Waals surface area (Å²) in [6.45, 7) is 0.198. The van der Waals surface area contributed by atoms with Crippen LogP contribution in [0.5, 0.6) is 0 Å². The average Bonchev–Trinajstić information content (AvgIpc) is 2.82. The van der Waals surface area contributed by atoms with Crippen LogP contribution in [-0.2, 0) is 23.6 Å². The van der Waals surface area contributed by atoms with Crippen molar-refractivity contribution in [3.8, 4) is 0 Å². The number of hydrogen-bond acceptors (Lipinski definition) is 5. The Hall–Kier alpha value is -1.93. The molecular weight excluding hydrogens is 266 g/mol. The zero-order valence-electron chi connectivity index (χ0n) is 10.7. The Morgan fingerprint density at radius 1 is 1.32 bits per heavy atom. The van der Waals surface area contributed by atoms with Crippen molar-refractivity contribution in [2.24, 2.45) is 7.05 Å². The molecule has 0 aliphatic rings. The minimum absolute atomic E-state index is 0.135. The maximum Gasteiger partial charge on any atom is 0.242 e. The molecule has 0 aliphatic heterocycles.